The molecule has 2 N–H and O–H groups in total. The fourth-order valence-electron chi connectivity index (χ4n) is 4.31. The first-order chi connectivity index (χ1) is 17.0. The van der Waals surface area contributed by atoms with Gasteiger partial charge in [0.1, 0.15) is 22.3 Å². The molecule has 0 atom stereocenters. The molecular weight excluding hydrogens is 464 g/mol. The van der Waals surface area contributed by atoms with E-state index in [2.05, 4.69) is 10.3 Å². The van der Waals surface area contributed by atoms with Gasteiger partial charge in [0.25, 0.3) is 5.91 Å². The van der Waals surface area contributed by atoms with Gasteiger partial charge in [-0.15, -0.1) is 11.3 Å². The van der Waals surface area contributed by atoms with Crippen LogP contribution in [0.1, 0.15) is 61.1 Å². The summed E-state index contributed by atoms with van der Waals surface area (Å²) in [5.74, 6) is 0.761. The molecule has 0 fully saturated rings. The van der Waals surface area contributed by atoms with Gasteiger partial charge in [-0.2, -0.15) is 0 Å². The van der Waals surface area contributed by atoms with Crippen molar-refractivity contribution in [1.82, 2.24) is 5.32 Å². The van der Waals surface area contributed by atoms with E-state index in [4.69, 9.17) is 8.83 Å². The molecule has 3 heterocycles. The number of aliphatic imine (C=N–C) groups is 1. The second-order valence-electron chi connectivity index (χ2n) is 8.45. The zero-order valence-corrected chi connectivity index (χ0v) is 20.0. The van der Waals surface area contributed by atoms with Crippen LogP contribution in [-0.2, 0) is 19.4 Å². The molecule has 0 spiro atoms. The second-order valence-corrected chi connectivity index (χ2v) is 9.53. The summed E-state index contributed by atoms with van der Waals surface area (Å²) in [5.41, 5.74) is 3.60. The third kappa shape index (κ3) is 4.83. The summed E-state index contributed by atoms with van der Waals surface area (Å²) in [7, 11) is 0. The number of thiophene rings is 1. The topological polar surface area (TPSA) is 105 Å². The summed E-state index contributed by atoms with van der Waals surface area (Å²) in [6.45, 7) is 2.17. The van der Waals surface area contributed by atoms with Crippen molar-refractivity contribution < 1.29 is 23.5 Å². The van der Waals surface area contributed by atoms with Gasteiger partial charge in [0.2, 0.25) is 0 Å². The van der Waals surface area contributed by atoms with Gasteiger partial charge in [-0.1, -0.05) is 6.07 Å². The van der Waals surface area contributed by atoms with E-state index < -0.39 is 5.97 Å². The molecule has 0 saturated carbocycles. The fourth-order valence-corrected chi connectivity index (χ4v) is 5.54. The van der Waals surface area contributed by atoms with E-state index in [0.29, 0.717) is 34.4 Å². The van der Waals surface area contributed by atoms with Gasteiger partial charge in [0.15, 0.2) is 0 Å². The number of amides is 1. The van der Waals surface area contributed by atoms with Crippen molar-refractivity contribution in [3.63, 3.8) is 0 Å². The second kappa shape index (κ2) is 9.76. The summed E-state index contributed by atoms with van der Waals surface area (Å²) in [6.07, 6.45) is 7.23. The van der Waals surface area contributed by atoms with Crippen molar-refractivity contribution in [2.24, 2.45) is 4.99 Å². The number of carbonyl (C=O) groups is 2. The molecule has 0 aliphatic heterocycles. The van der Waals surface area contributed by atoms with Crippen LogP contribution in [0.25, 0.3) is 11.3 Å². The number of hydrogen-bond donors (Lipinski definition) is 2. The van der Waals surface area contributed by atoms with Crippen LogP contribution < -0.4 is 5.32 Å². The first-order valence-electron chi connectivity index (χ1n) is 11.4. The van der Waals surface area contributed by atoms with Crippen LogP contribution in [0.15, 0.2) is 62.6 Å². The zero-order valence-electron chi connectivity index (χ0n) is 19.2. The van der Waals surface area contributed by atoms with Gasteiger partial charge in [-0.25, -0.2) is 9.79 Å². The number of benzene rings is 1. The monoisotopic (exact) mass is 488 g/mol. The molecule has 1 aliphatic rings. The average molecular weight is 489 g/mol. The zero-order chi connectivity index (χ0) is 24.4. The van der Waals surface area contributed by atoms with Gasteiger partial charge in [-0.3, -0.25) is 4.79 Å². The number of carboxylic acid groups (broad SMARTS) is 1. The highest BCUT2D eigenvalue weighted by Gasteiger charge is 2.25. The molecule has 0 saturated heterocycles. The lowest BCUT2D eigenvalue weighted by Crippen LogP contribution is -2.23. The van der Waals surface area contributed by atoms with Crippen molar-refractivity contribution in [2.75, 3.05) is 0 Å². The molecule has 35 heavy (non-hydrogen) atoms. The number of carbonyl (C=O) groups excluding carboxylic acids is 1. The lowest BCUT2D eigenvalue weighted by atomic mass is 9.95. The largest absolute Gasteiger partial charge is 0.478 e. The molecule has 1 amide bonds. The first-order valence-corrected chi connectivity index (χ1v) is 12.2. The summed E-state index contributed by atoms with van der Waals surface area (Å²) < 4.78 is 11.3. The quantitative estimate of drug-likeness (QED) is 0.303. The molecule has 8 heteroatoms. The van der Waals surface area contributed by atoms with Gasteiger partial charge >= 0.3 is 5.97 Å². The number of hydrogen-bond acceptors (Lipinski definition) is 6. The fraction of sp³-hybridized carbons (Fsp3) is 0.222. The molecule has 5 rings (SSSR count). The maximum absolute atomic E-state index is 13.1. The molecular formula is C27H24N2O5S. The SMILES string of the molecule is Cc1cc(C(=O)O)ccc1-c1ccc(C=Nc2sc3c(c2C(=O)NCc2ccco2)CCCC3)o1. The van der Waals surface area contributed by atoms with E-state index in [1.807, 2.05) is 25.1 Å². The number of furan rings is 2. The molecule has 1 aliphatic carbocycles. The highest BCUT2D eigenvalue weighted by atomic mass is 32.1. The summed E-state index contributed by atoms with van der Waals surface area (Å²) >= 11 is 1.56. The van der Waals surface area contributed by atoms with E-state index in [-0.39, 0.29) is 11.5 Å². The Balaban J connectivity index is 1.39. The van der Waals surface area contributed by atoms with Crippen LogP contribution in [0, 0.1) is 6.92 Å². The summed E-state index contributed by atoms with van der Waals surface area (Å²) in [6, 6.07) is 12.2. The summed E-state index contributed by atoms with van der Waals surface area (Å²) in [5, 5.41) is 12.8. The van der Waals surface area contributed by atoms with E-state index >= 15 is 0 Å². The minimum absolute atomic E-state index is 0.151. The number of aromatic carboxylic acids is 1. The molecule has 7 nitrogen and oxygen atoms in total. The van der Waals surface area contributed by atoms with E-state index in [9.17, 15) is 14.7 Å². The average Bonchev–Trinajstić information content (AvgIpc) is 3.61. The van der Waals surface area contributed by atoms with Gasteiger partial charge in [0, 0.05) is 10.4 Å². The predicted octanol–water partition coefficient (Wildman–Crippen LogP) is 6.17. The number of rotatable bonds is 7. The van der Waals surface area contributed by atoms with E-state index in [1.54, 1.807) is 48.1 Å². The molecule has 0 bridgehead atoms. The highest BCUT2D eigenvalue weighted by Crippen LogP contribution is 2.40. The van der Waals surface area contributed by atoms with Crippen molar-refractivity contribution in [3.8, 4) is 11.3 Å². The van der Waals surface area contributed by atoms with Crippen LogP contribution in [0.4, 0.5) is 5.00 Å². The van der Waals surface area contributed by atoms with Gasteiger partial charge in [-0.05, 0) is 80.1 Å². The molecule has 178 valence electrons. The minimum Gasteiger partial charge on any atom is -0.478 e. The van der Waals surface area contributed by atoms with Crippen LogP contribution in [0.5, 0.6) is 0 Å². The third-order valence-corrected chi connectivity index (χ3v) is 7.26. The Hall–Kier alpha value is -3.91. The Morgan fingerprint density at radius 2 is 2.03 bits per heavy atom. The Bertz CT molecular complexity index is 1410. The van der Waals surface area contributed by atoms with Crippen LogP contribution >= 0.6 is 11.3 Å². The lowest BCUT2D eigenvalue weighted by Gasteiger charge is -2.12. The number of carboxylic acids is 1. The Labute approximate surface area is 206 Å². The van der Waals surface area contributed by atoms with Crippen molar-refractivity contribution in [1.29, 1.82) is 0 Å². The smallest absolute Gasteiger partial charge is 0.335 e. The number of aryl methyl sites for hydroxylation is 2. The Morgan fingerprint density at radius 3 is 2.80 bits per heavy atom. The van der Waals surface area contributed by atoms with E-state index in [1.165, 1.54) is 4.88 Å². The van der Waals surface area contributed by atoms with Crippen LogP contribution in [0.2, 0.25) is 0 Å². The normalized spacial score (nSPS) is 13.2. The standard InChI is InChI=1S/C27H24N2O5S/c1-16-13-17(27(31)32)8-10-20(16)22-11-9-19(34-22)15-29-26-24(21-6-2-3-7-23(21)35-26)25(30)28-14-18-5-4-12-33-18/h4-5,8-13,15H,2-3,6-7,14H2,1H3,(H,28,30)(H,31,32). The predicted molar refractivity (Wildman–Crippen MR) is 134 cm³/mol. The Morgan fingerprint density at radius 1 is 1.17 bits per heavy atom. The maximum Gasteiger partial charge on any atom is 0.335 e. The lowest BCUT2D eigenvalue weighted by molar-refractivity contribution is 0.0696. The molecule has 1 aromatic carbocycles. The summed E-state index contributed by atoms with van der Waals surface area (Å²) in [4.78, 5) is 30.2. The van der Waals surface area contributed by atoms with Crippen molar-refractivity contribution in [3.05, 3.63) is 87.4 Å². The van der Waals surface area contributed by atoms with E-state index in [0.717, 1.165) is 42.4 Å². The van der Waals surface area contributed by atoms with Crippen LogP contribution in [0.3, 0.4) is 0 Å². The molecule has 4 aromatic rings. The molecule has 0 unspecified atom stereocenters. The van der Waals surface area contributed by atoms with Crippen molar-refractivity contribution >= 4 is 34.4 Å². The first kappa shape index (κ1) is 22.9. The maximum atomic E-state index is 13.1. The van der Waals surface area contributed by atoms with Gasteiger partial charge in [0.05, 0.1) is 30.1 Å². The third-order valence-electron chi connectivity index (χ3n) is 6.06. The molecule has 0 radical (unpaired) electrons. The number of nitrogens with zero attached hydrogens (tertiary/aromatic N) is 1. The highest BCUT2D eigenvalue weighted by molar-refractivity contribution is 7.16. The Kier molecular flexibility index (Phi) is 6.37. The minimum atomic E-state index is -0.963. The molecule has 3 aromatic heterocycles. The number of fused-ring (bicyclic) bond motifs is 1. The number of nitrogens with one attached hydrogen (secondary N) is 1. The van der Waals surface area contributed by atoms with Crippen molar-refractivity contribution in [2.45, 2.75) is 39.2 Å². The van der Waals surface area contributed by atoms with Crippen LogP contribution in [-0.4, -0.2) is 23.2 Å². The van der Waals surface area contributed by atoms with Gasteiger partial charge < -0.3 is 19.3 Å².